The highest BCUT2D eigenvalue weighted by atomic mass is 16.5. The van der Waals surface area contributed by atoms with Gasteiger partial charge < -0.3 is 9.84 Å². The molecule has 1 aliphatic rings. The number of rotatable bonds is 0. The van der Waals surface area contributed by atoms with Crippen molar-refractivity contribution in [2.75, 3.05) is 0 Å². The maximum absolute atomic E-state index is 11.2. The number of carbonyl (C=O) groups excluding carboxylic acids is 1. The van der Waals surface area contributed by atoms with Crippen molar-refractivity contribution in [2.45, 2.75) is 20.0 Å². The molecule has 11 heavy (non-hydrogen) atoms. The van der Waals surface area contributed by atoms with Crippen molar-refractivity contribution < 1.29 is 14.6 Å². The third-order valence-corrected chi connectivity index (χ3v) is 2.05. The molecule has 1 heterocycles. The molecule has 2 atom stereocenters. The first-order valence-corrected chi connectivity index (χ1v) is 3.64. The van der Waals surface area contributed by atoms with Gasteiger partial charge in [0.2, 0.25) is 5.78 Å². The minimum Gasteiger partial charge on any atom is -0.503 e. The van der Waals surface area contributed by atoms with Gasteiger partial charge in [0.05, 0.1) is 11.6 Å². The summed E-state index contributed by atoms with van der Waals surface area (Å²) in [6, 6.07) is 0. The van der Waals surface area contributed by atoms with Gasteiger partial charge in [0.15, 0.2) is 13.6 Å². The van der Waals surface area contributed by atoms with Crippen LogP contribution in [0.15, 0.2) is 11.4 Å². The zero-order chi connectivity index (χ0) is 8.59. The second-order valence-electron chi connectivity index (χ2n) is 2.88. The summed E-state index contributed by atoms with van der Waals surface area (Å²) in [5.41, 5.74) is 0.334. The number of Topliss-reactive ketones (excluding diaryl/α,β-unsaturated/α-hetero) is 1. The largest absolute Gasteiger partial charge is 0.503 e. The Morgan fingerprint density at radius 2 is 2.09 bits per heavy atom. The van der Waals surface area contributed by atoms with Crippen LogP contribution in [0.4, 0.5) is 0 Å². The molecule has 3 nitrogen and oxygen atoms in total. The molecule has 0 fully saturated rings. The molecule has 0 bridgehead atoms. The summed E-state index contributed by atoms with van der Waals surface area (Å²) in [5, 5.41) is 9.14. The number of carbonyl (C=O) groups is 1. The number of hydrogen-bond acceptors (Lipinski definition) is 3. The van der Waals surface area contributed by atoms with E-state index in [0.29, 0.717) is 5.66 Å². The van der Waals surface area contributed by atoms with Gasteiger partial charge in [-0.1, -0.05) is 6.92 Å². The molecule has 1 rings (SSSR count). The van der Waals surface area contributed by atoms with E-state index in [1.54, 1.807) is 14.8 Å². The topological polar surface area (TPSA) is 46.5 Å². The maximum atomic E-state index is 11.2. The van der Waals surface area contributed by atoms with E-state index in [-0.39, 0.29) is 23.6 Å². The fraction of sp³-hybridized carbons (Fsp3) is 0.571. The van der Waals surface area contributed by atoms with Gasteiger partial charge in [-0.3, -0.25) is 4.79 Å². The Balaban J connectivity index is 2.95. The van der Waals surface area contributed by atoms with Crippen molar-refractivity contribution in [2.24, 2.45) is 5.92 Å². The molecular formula is C7H11BO3. The van der Waals surface area contributed by atoms with Gasteiger partial charge in [-0.25, -0.2) is 0 Å². The summed E-state index contributed by atoms with van der Waals surface area (Å²) in [5.74, 6) is -0.685. The number of ether oxygens (including phenoxy) is 1. The number of ketones is 1. The highest BCUT2D eigenvalue weighted by molar-refractivity contribution is 6.23. The lowest BCUT2D eigenvalue weighted by molar-refractivity contribution is -0.127. The first-order chi connectivity index (χ1) is 5.04. The van der Waals surface area contributed by atoms with Crippen molar-refractivity contribution in [1.82, 2.24) is 0 Å². The van der Waals surface area contributed by atoms with E-state index < -0.39 is 0 Å². The number of allylic oxidation sites excluding steroid dienone is 1. The fourth-order valence-corrected chi connectivity index (χ4v) is 1.04. The van der Waals surface area contributed by atoms with Crippen LogP contribution >= 0.6 is 0 Å². The molecule has 0 amide bonds. The molecule has 0 aromatic carbocycles. The van der Waals surface area contributed by atoms with Crippen molar-refractivity contribution in [3.8, 4) is 0 Å². The third-order valence-electron chi connectivity index (χ3n) is 2.05. The molecule has 0 saturated carbocycles. The van der Waals surface area contributed by atoms with E-state index in [9.17, 15) is 4.79 Å². The Labute approximate surface area is 66.5 Å². The van der Waals surface area contributed by atoms with Crippen LogP contribution in [0.3, 0.4) is 0 Å². The Kier molecular flexibility index (Phi) is 1.93. The van der Waals surface area contributed by atoms with Crippen LogP contribution in [0.5, 0.6) is 0 Å². The summed E-state index contributed by atoms with van der Waals surface area (Å²) >= 11 is 0. The predicted octanol–water partition coefficient (Wildman–Crippen LogP) is -0.0295. The average Bonchev–Trinajstić information content (AvgIpc) is 1.97. The summed E-state index contributed by atoms with van der Waals surface area (Å²) < 4.78 is 5.19. The van der Waals surface area contributed by atoms with Crippen molar-refractivity contribution in [1.29, 1.82) is 0 Å². The standard InChI is InChI=1S/C7H11BO3/c1-3-4(2)11-7(8)6(10)5(3)9/h3-4,10H,8H2,1-2H3. The van der Waals surface area contributed by atoms with Crippen LogP contribution in [-0.2, 0) is 9.53 Å². The van der Waals surface area contributed by atoms with Gasteiger partial charge in [-0.15, -0.1) is 0 Å². The first-order valence-electron chi connectivity index (χ1n) is 3.64. The average molecular weight is 154 g/mol. The summed E-state index contributed by atoms with van der Waals surface area (Å²) in [6.45, 7) is 3.56. The van der Waals surface area contributed by atoms with Gasteiger partial charge in [-0.2, -0.15) is 0 Å². The quantitative estimate of drug-likeness (QED) is 0.498. The monoisotopic (exact) mass is 154 g/mol. The Hall–Kier alpha value is -0.925. The van der Waals surface area contributed by atoms with E-state index in [4.69, 9.17) is 9.84 Å². The highest BCUT2D eigenvalue weighted by Gasteiger charge is 2.30. The van der Waals surface area contributed by atoms with Crippen molar-refractivity contribution in [3.05, 3.63) is 11.4 Å². The molecule has 0 aromatic heterocycles. The van der Waals surface area contributed by atoms with Gasteiger partial charge in [0.1, 0.15) is 6.10 Å². The predicted molar refractivity (Wildman–Crippen MR) is 42.9 cm³/mol. The smallest absolute Gasteiger partial charge is 0.206 e. The molecule has 0 aromatic rings. The molecule has 0 saturated heterocycles. The fourth-order valence-electron chi connectivity index (χ4n) is 1.04. The van der Waals surface area contributed by atoms with Crippen LogP contribution in [0.1, 0.15) is 13.8 Å². The van der Waals surface area contributed by atoms with Gasteiger partial charge in [0, 0.05) is 0 Å². The Morgan fingerprint density at radius 3 is 2.64 bits per heavy atom. The second kappa shape index (κ2) is 2.60. The lowest BCUT2D eigenvalue weighted by Gasteiger charge is -2.26. The Bertz CT molecular complexity index is 222. The molecule has 1 N–H and O–H groups in total. The number of aliphatic hydroxyl groups excluding tert-OH is 1. The van der Waals surface area contributed by atoms with Crippen LogP contribution in [0.25, 0.3) is 0 Å². The van der Waals surface area contributed by atoms with Crippen molar-refractivity contribution in [3.63, 3.8) is 0 Å². The first kappa shape index (κ1) is 8.17. The summed E-state index contributed by atoms with van der Waals surface area (Å²) in [6.07, 6.45) is -0.126. The molecule has 0 aliphatic carbocycles. The highest BCUT2D eigenvalue weighted by Crippen LogP contribution is 2.21. The van der Waals surface area contributed by atoms with E-state index in [2.05, 4.69) is 0 Å². The number of aliphatic hydroxyl groups is 1. The number of hydrogen-bond donors (Lipinski definition) is 1. The van der Waals surface area contributed by atoms with Crippen LogP contribution in [-0.4, -0.2) is 24.8 Å². The van der Waals surface area contributed by atoms with E-state index >= 15 is 0 Å². The molecule has 60 valence electrons. The Morgan fingerprint density at radius 1 is 1.55 bits per heavy atom. The zero-order valence-electron chi connectivity index (χ0n) is 6.92. The summed E-state index contributed by atoms with van der Waals surface area (Å²) in [4.78, 5) is 11.2. The van der Waals surface area contributed by atoms with Gasteiger partial charge >= 0.3 is 0 Å². The third kappa shape index (κ3) is 1.25. The normalized spacial score (nSPS) is 32.0. The molecular weight excluding hydrogens is 143 g/mol. The molecule has 4 heteroatoms. The minimum absolute atomic E-state index is 0.126. The van der Waals surface area contributed by atoms with E-state index in [0.717, 1.165) is 0 Å². The van der Waals surface area contributed by atoms with E-state index in [1.165, 1.54) is 0 Å². The maximum Gasteiger partial charge on any atom is 0.206 e. The van der Waals surface area contributed by atoms with Gasteiger partial charge in [-0.05, 0) is 6.92 Å². The van der Waals surface area contributed by atoms with Crippen molar-refractivity contribution >= 4 is 13.6 Å². The SMILES string of the molecule is BC1=C(O)C(=O)C(C)C(C)O1. The minimum atomic E-state index is -0.237. The summed E-state index contributed by atoms with van der Waals surface area (Å²) in [7, 11) is 1.59. The van der Waals surface area contributed by atoms with Crippen LogP contribution < -0.4 is 0 Å². The zero-order valence-corrected chi connectivity index (χ0v) is 6.92. The molecule has 0 radical (unpaired) electrons. The molecule has 2 unspecified atom stereocenters. The second-order valence-corrected chi connectivity index (χ2v) is 2.88. The van der Waals surface area contributed by atoms with Crippen LogP contribution in [0.2, 0.25) is 0 Å². The van der Waals surface area contributed by atoms with Gasteiger partial charge in [0.25, 0.3) is 0 Å². The lowest BCUT2D eigenvalue weighted by Crippen LogP contribution is -2.32. The van der Waals surface area contributed by atoms with Crippen LogP contribution in [0, 0.1) is 5.92 Å². The molecule has 0 spiro atoms. The van der Waals surface area contributed by atoms with E-state index in [1.807, 2.05) is 6.92 Å². The lowest BCUT2D eigenvalue weighted by atomic mass is 9.91. The molecule has 1 aliphatic heterocycles.